The summed E-state index contributed by atoms with van der Waals surface area (Å²) in [6, 6.07) is 21.5. The van der Waals surface area contributed by atoms with Crippen LogP contribution in [0.5, 0.6) is 11.5 Å². The molecule has 268 valence electrons. The fourth-order valence-electron chi connectivity index (χ4n) is 8.57. The van der Waals surface area contributed by atoms with E-state index in [1.54, 1.807) is 53.3 Å². The molecule has 3 aromatic carbocycles. The van der Waals surface area contributed by atoms with Crippen LogP contribution in [-0.2, 0) is 19.1 Å². The maximum absolute atomic E-state index is 15.2. The minimum absolute atomic E-state index is 0.152. The Labute approximate surface area is 299 Å². The lowest BCUT2D eigenvalue weighted by molar-refractivity contribution is -0.149. The van der Waals surface area contributed by atoms with Crippen LogP contribution in [0.25, 0.3) is 0 Å². The first-order valence-electron chi connectivity index (χ1n) is 17.5. The standard InChI is InChI=1S/C41H47N3O7/c1-7-23-42(29-17-21-32(22-18-29)50-9-3)37(46)34-35-38(47)44(33(26-45)28-13-11-10-12-14-28)36(41(35)25-27(4)40(34,5)51-41)39(48)43(24-8-2)30-15-19-31(49-6)20-16-30/h7-8,10-22,27,33-36,45H,1-2,9,23-26H2,3-6H3/t27?,33-,34+,35+,36?,40-,41?/m1/s1. The van der Waals surface area contributed by atoms with Crippen LogP contribution >= 0.6 is 0 Å². The van der Waals surface area contributed by atoms with Crippen molar-refractivity contribution in [2.75, 3.05) is 43.2 Å². The number of likely N-dealkylation sites (tertiary alicyclic amines) is 1. The van der Waals surface area contributed by atoms with Gasteiger partial charge in [0.25, 0.3) is 5.91 Å². The molecule has 10 heteroatoms. The normalized spacial score (nSPS) is 26.7. The summed E-state index contributed by atoms with van der Waals surface area (Å²) >= 11 is 0. The van der Waals surface area contributed by atoms with Crippen molar-refractivity contribution in [2.45, 2.75) is 50.5 Å². The highest BCUT2D eigenvalue weighted by molar-refractivity contribution is 6.07. The number of nitrogens with zero attached hydrogens (tertiary/aromatic N) is 3. The Morgan fingerprint density at radius 2 is 1.53 bits per heavy atom. The van der Waals surface area contributed by atoms with E-state index >= 15 is 14.4 Å². The first-order chi connectivity index (χ1) is 24.6. The molecule has 51 heavy (non-hydrogen) atoms. The number of fused-ring (bicyclic) bond motifs is 1. The van der Waals surface area contributed by atoms with Gasteiger partial charge in [0.05, 0.1) is 43.8 Å². The summed E-state index contributed by atoms with van der Waals surface area (Å²) in [6.07, 6.45) is 3.66. The van der Waals surface area contributed by atoms with Gasteiger partial charge < -0.3 is 34.0 Å². The summed E-state index contributed by atoms with van der Waals surface area (Å²) in [4.78, 5) is 50.1. The summed E-state index contributed by atoms with van der Waals surface area (Å²) < 4.78 is 18.1. The maximum Gasteiger partial charge on any atom is 0.253 e. The van der Waals surface area contributed by atoms with Gasteiger partial charge in [0, 0.05) is 24.5 Å². The number of carbonyl (C=O) groups excluding carboxylic acids is 3. The SMILES string of the molecule is C=CCN(C(=O)C1N([C@H](CO)c2ccccc2)C(=O)[C@@H]2[C@@H](C(=O)N(CC=C)c3ccc(OCC)cc3)[C@]3(C)OC12CC3C)c1ccc(OC)cc1. The molecule has 6 rings (SSSR count). The highest BCUT2D eigenvalue weighted by Gasteiger charge is 2.80. The van der Waals surface area contributed by atoms with Gasteiger partial charge in [-0.15, -0.1) is 13.2 Å². The number of rotatable bonds is 14. The molecule has 10 nitrogen and oxygen atoms in total. The predicted octanol–water partition coefficient (Wildman–Crippen LogP) is 5.58. The van der Waals surface area contributed by atoms with E-state index < -0.39 is 47.6 Å². The molecule has 0 aromatic heterocycles. The van der Waals surface area contributed by atoms with E-state index in [0.717, 1.165) is 0 Å². The summed E-state index contributed by atoms with van der Waals surface area (Å²) in [7, 11) is 1.57. The third-order valence-corrected chi connectivity index (χ3v) is 10.9. The van der Waals surface area contributed by atoms with Crippen LogP contribution in [-0.4, -0.2) is 78.4 Å². The number of hydrogen-bond donors (Lipinski definition) is 1. The van der Waals surface area contributed by atoms with Gasteiger partial charge in [0.15, 0.2) is 0 Å². The van der Waals surface area contributed by atoms with Crippen LogP contribution in [0.2, 0.25) is 0 Å². The summed E-state index contributed by atoms with van der Waals surface area (Å²) in [5, 5.41) is 11.0. The third-order valence-electron chi connectivity index (χ3n) is 10.9. The van der Waals surface area contributed by atoms with E-state index in [9.17, 15) is 5.11 Å². The fourth-order valence-corrected chi connectivity index (χ4v) is 8.57. The van der Waals surface area contributed by atoms with E-state index in [2.05, 4.69) is 13.2 Å². The van der Waals surface area contributed by atoms with Crippen LogP contribution < -0.4 is 19.3 Å². The smallest absolute Gasteiger partial charge is 0.253 e. The average Bonchev–Trinajstić information content (AvgIpc) is 3.66. The molecular formula is C41H47N3O7. The van der Waals surface area contributed by atoms with Crippen molar-refractivity contribution in [3.8, 4) is 11.5 Å². The molecule has 3 unspecified atom stereocenters. The average molecular weight is 694 g/mol. The Bertz CT molecular complexity index is 1760. The zero-order chi connectivity index (χ0) is 36.5. The van der Waals surface area contributed by atoms with E-state index in [-0.39, 0.29) is 30.8 Å². The second kappa shape index (κ2) is 14.4. The highest BCUT2D eigenvalue weighted by Crippen LogP contribution is 2.66. The van der Waals surface area contributed by atoms with Crippen molar-refractivity contribution >= 4 is 29.1 Å². The highest BCUT2D eigenvalue weighted by atomic mass is 16.5. The van der Waals surface area contributed by atoms with E-state index in [1.807, 2.05) is 75.4 Å². The number of aliphatic hydroxyl groups is 1. The zero-order valence-corrected chi connectivity index (χ0v) is 29.7. The topological polar surface area (TPSA) is 109 Å². The maximum atomic E-state index is 15.2. The quantitative estimate of drug-likeness (QED) is 0.220. The van der Waals surface area contributed by atoms with Gasteiger partial charge in [-0.25, -0.2) is 0 Å². The number of carbonyl (C=O) groups is 3. The van der Waals surface area contributed by atoms with Crippen LogP contribution in [0.3, 0.4) is 0 Å². The fraction of sp³-hybridized carbons (Fsp3) is 0.390. The monoisotopic (exact) mass is 693 g/mol. The van der Waals surface area contributed by atoms with Gasteiger partial charge in [0.2, 0.25) is 11.8 Å². The number of hydrogen-bond acceptors (Lipinski definition) is 7. The second-order valence-electron chi connectivity index (χ2n) is 13.7. The van der Waals surface area contributed by atoms with Crippen LogP contribution in [0, 0.1) is 17.8 Å². The predicted molar refractivity (Wildman–Crippen MR) is 196 cm³/mol. The molecule has 3 amide bonds. The lowest BCUT2D eigenvalue weighted by Gasteiger charge is -2.39. The summed E-state index contributed by atoms with van der Waals surface area (Å²) in [6.45, 7) is 14.1. The van der Waals surface area contributed by atoms with Crippen molar-refractivity contribution in [1.82, 2.24) is 4.90 Å². The minimum atomic E-state index is -1.35. The Balaban J connectivity index is 1.49. The van der Waals surface area contributed by atoms with Crippen molar-refractivity contribution in [3.63, 3.8) is 0 Å². The largest absolute Gasteiger partial charge is 0.497 e. The van der Waals surface area contributed by atoms with E-state index in [1.165, 1.54) is 4.90 Å². The van der Waals surface area contributed by atoms with Gasteiger partial charge in [-0.05, 0) is 80.3 Å². The van der Waals surface area contributed by atoms with Crippen molar-refractivity contribution in [1.29, 1.82) is 0 Å². The molecule has 3 saturated heterocycles. The second-order valence-corrected chi connectivity index (χ2v) is 13.7. The Morgan fingerprint density at radius 1 is 0.961 bits per heavy atom. The van der Waals surface area contributed by atoms with Gasteiger partial charge in [-0.3, -0.25) is 14.4 Å². The van der Waals surface area contributed by atoms with Crippen LogP contribution in [0.4, 0.5) is 11.4 Å². The lowest BCUT2D eigenvalue weighted by Crippen LogP contribution is -2.57. The number of amides is 3. The Hall–Kier alpha value is -4.93. The number of benzene rings is 3. The number of methoxy groups -OCH3 is 1. The first kappa shape index (κ1) is 35.9. The molecule has 2 bridgehead atoms. The van der Waals surface area contributed by atoms with Crippen LogP contribution in [0.15, 0.2) is 104 Å². The molecular weight excluding hydrogens is 646 g/mol. The summed E-state index contributed by atoms with van der Waals surface area (Å²) in [5.41, 5.74) is -0.532. The van der Waals surface area contributed by atoms with Crippen molar-refractivity contribution in [3.05, 3.63) is 110 Å². The molecule has 1 N–H and O–H groups in total. The molecule has 7 atom stereocenters. The lowest BCUT2D eigenvalue weighted by atomic mass is 9.62. The first-order valence-corrected chi connectivity index (χ1v) is 17.5. The van der Waals surface area contributed by atoms with Crippen LogP contribution in [0.1, 0.15) is 38.8 Å². The zero-order valence-electron chi connectivity index (χ0n) is 29.7. The Morgan fingerprint density at radius 3 is 2.06 bits per heavy atom. The molecule has 3 aliphatic heterocycles. The minimum Gasteiger partial charge on any atom is -0.497 e. The van der Waals surface area contributed by atoms with Crippen molar-refractivity contribution < 1.29 is 33.7 Å². The molecule has 0 saturated carbocycles. The molecule has 3 aromatic rings. The number of ether oxygens (including phenoxy) is 3. The molecule has 3 aliphatic rings. The molecule has 0 radical (unpaired) electrons. The summed E-state index contributed by atoms with van der Waals surface area (Å²) in [5.74, 6) is -1.88. The van der Waals surface area contributed by atoms with Gasteiger partial charge in [0.1, 0.15) is 23.1 Å². The van der Waals surface area contributed by atoms with Gasteiger partial charge in [-0.2, -0.15) is 0 Å². The Kier molecular flexibility index (Phi) is 10.1. The van der Waals surface area contributed by atoms with Crippen molar-refractivity contribution in [2.24, 2.45) is 17.8 Å². The number of aliphatic hydroxyl groups excluding tert-OH is 1. The molecule has 1 spiro atoms. The number of anilines is 2. The molecule has 3 heterocycles. The van der Waals surface area contributed by atoms with E-state index in [4.69, 9.17) is 14.2 Å². The van der Waals surface area contributed by atoms with Gasteiger partial charge in [-0.1, -0.05) is 49.4 Å². The van der Waals surface area contributed by atoms with E-state index in [0.29, 0.717) is 41.5 Å². The third kappa shape index (κ3) is 5.90. The molecule has 0 aliphatic carbocycles. The molecule has 3 fully saturated rings. The van der Waals surface area contributed by atoms with Gasteiger partial charge >= 0.3 is 0 Å².